The first kappa shape index (κ1) is 19.7. The minimum atomic E-state index is -1.29. The number of thiol groups is 3. The molecule has 0 rings (SSSR count). The summed E-state index contributed by atoms with van der Waals surface area (Å²) in [5, 5.41) is 34.2. The van der Waals surface area contributed by atoms with Crippen LogP contribution in [0.25, 0.3) is 0 Å². The highest BCUT2D eigenvalue weighted by molar-refractivity contribution is 8.03. The van der Waals surface area contributed by atoms with E-state index >= 15 is 0 Å². The maximum atomic E-state index is 10.1. The van der Waals surface area contributed by atoms with Crippen LogP contribution in [0.15, 0.2) is 0 Å². The van der Waals surface area contributed by atoms with Gasteiger partial charge in [-0.2, -0.15) is 12.6 Å². The fraction of sp³-hybridized carbons (Fsp3) is 0.889. The van der Waals surface area contributed by atoms with E-state index in [4.69, 9.17) is 20.4 Å². The molecule has 0 saturated heterocycles. The Morgan fingerprint density at radius 1 is 1.12 bits per heavy atom. The maximum absolute atomic E-state index is 10.1. The quantitative estimate of drug-likeness (QED) is 0.275. The molecule has 0 aliphatic rings. The number of rotatable bonds is 6. The Balaban J connectivity index is 0. The van der Waals surface area contributed by atoms with Crippen molar-refractivity contribution in [1.82, 2.24) is 0 Å². The molecule has 104 valence electrons. The molecule has 0 amide bonds. The summed E-state index contributed by atoms with van der Waals surface area (Å²) in [5.74, 6) is -0.965. The summed E-state index contributed by atoms with van der Waals surface area (Å²) in [5.41, 5.74) is -0.667. The first-order valence-electron chi connectivity index (χ1n) is 4.86. The maximum Gasteiger partial charge on any atom is 0.330 e. The summed E-state index contributed by atoms with van der Waals surface area (Å²) in [6.07, 6.45) is 0.594. The van der Waals surface area contributed by atoms with Gasteiger partial charge in [-0.05, 0) is 6.42 Å². The molecule has 5 nitrogen and oxygen atoms in total. The second kappa shape index (κ2) is 9.35. The van der Waals surface area contributed by atoms with Gasteiger partial charge >= 0.3 is 5.97 Å². The van der Waals surface area contributed by atoms with E-state index in [1.165, 1.54) is 0 Å². The smallest absolute Gasteiger partial charge is 0.330 e. The number of carboxylic acids is 1. The van der Waals surface area contributed by atoms with E-state index < -0.39 is 15.5 Å². The van der Waals surface area contributed by atoms with Gasteiger partial charge in [0.1, 0.15) is 0 Å². The number of hydrogen-bond acceptors (Lipinski definition) is 7. The van der Waals surface area contributed by atoms with Crippen LogP contribution in [0, 0.1) is 5.41 Å². The van der Waals surface area contributed by atoms with Crippen molar-refractivity contribution in [3.8, 4) is 0 Å². The van der Waals surface area contributed by atoms with Gasteiger partial charge in [0.05, 0.1) is 19.8 Å². The third-order valence-electron chi connectivity index (χ3n) is 2.32. The van der Waals surface area contributed by atoms with Crippen LogP contribution in [0.4, 0.5) is 0 Å². The Morgan fingerprint density at radius 2 is 1.47 bits per heavy atom. The van der Waals surface area contributed by atoms with Crippen molar-refractivity contribution in [3.05, 3.63) is 0 Å². The zero-order valence-corrected chi connectivity index (χ0v) is 12.3. The molecule has 17 heavy (non-hydrogen) atoms. The van der Waals surface area contributed by atoms with Gasteiger partial charge in [0.15, 0.2) is 4.08 Å². The zero-order valence-electron chi connectivity index (χ0n) is 9.57. The first-order valence-corrected chi connectivity index (χ1v) is 6.39. The standard InChI is InChI=1S/C6H14O3.C3H6O2S3/c1-2-6(3-7,4-8)5-9;4-2(5)3(7,8)1-6/h7-9H,2-5H2,1H3;6-8H,1H2,(H,4,5). The van der Waals surface area contributed by atoms with E-state index in [1.807, 2.05) is 6.92 Å². The van der Waals surface area contributed by atoms with Gasteiger partial charge in [-0.15, -0.1) is 25.3 Å². The average Bonchev–Trinajstić information content (AvgIpc) is 2.33. The third-order valence-corrected chi connectivity index (χ3v) is 3.99. The lowest BCUT2D eigenvalue weighted by Crippen LogP contribution is -2.32. The molecule has 0 aliphatic carbocycles. The van der Waals surface area contributed by atoms with Crippen LogP contribution in [0.3, 0.4) is 0 Å². The molecule has 0 atom stereocenters. The molecular weight excluding hydrogens is 284 g/mol. The van der Waals surface area contributed by atoms with E-state index in [1.54, 1.807) is 0 Å². The molecule has 0 unspecified atom stereocenters. The molecule has 0 fully saturated rings. The summed E-state index contributed by atoms with van der Waals surface area (Å²) in [7, 11) is 0. The zero-order chi connectivity index (χ0) is 14.1. The fourth-order valence-electron chi connectivity index (χ4n) is 0.553. The van der Waals surface area contributed by atoms with Crippen LogP contribution in [-0.4, -0.2) is 56.0 Å². The summed E-state index contributed by atoms with van der Waals surface area (Å²) in [4.78, 5) is 10.1. The number of carbonyl (C=O) groups is 1. The Labute approximate surface area is 117 Å². The normalized spacial score (nSPS) is 11.7. The lowest BCUT2D eigenvalue weighted by atomic mass is 9.88. The van der Waals surface area contributed by atoms with Gasteiger partial charge in [0.25, 0.3) is 0 Å². The van der Waals surface area contributed by atoms with Crippen LogP contribution in [0.2, 0.25) is 0 Å². The van der Waals surface area contributed by atoms with Crippen LogP contribution in [0.5, 0.6) is 0 Å². The monoisotopic (exact) mass is 304 g/mol. The topological polar surface area (TPSA) is 98.0 Å². The van der Waals surface area contributed by atoms with E-state index in [0.29, 0.717) is 6.42 Å². The van der Waals surface area contributed by atoms with Crippen LogP contribution < -0.4 is 0 Å². The second-order valence-corrected chi connectivity index (χ2v) is 5.80. The van der Waals surface area contributed by atoms with Crippen molar-refractivity contribution in [1.29, 1.82) is 0 Å². The van der Waals surface area contributed by atoms with Crippen molar-refractivity contribution in [3.63, 3.8) is 0 Å². The molecule has 0 radical (unpaired) electrons. The van der Waals surface area contributed by atoms with Gasteiger partial charge in [-0.1, -0.05) is 6.92 Å². The molecule has 0 aromatic carbocycles. The van der Waals surface area contributed by atoms with Gasteiger partial charge in [-0.25, -0.2) is 4.79 Å². The Morgan fingerprint density at radius 3 is 1.47 bits per heavy atom. The van der Waals surface area contributed by atoms with Crippen molar-refractivity contribution in [2.75, 3.05) is 25.6 Å². The largest absolute Gasteiger partial charge is 0.480 e. The highest BCUT2D eigenvalue weighted by atomic mass is 32.2. The van der Waals surface area contributed by atoms with Crippen LogP contribution >= 0.6 is 37.9 Å². The molecule has 8 heteroatoms. The Kier molecular flexibility index (Phi) is 10.8. The molecule has 0 aliphatic heterocycles. The molecule has 4 N–H and O–H groups in total. The SMILES string of the molecule is CCC(CO)(CO)CO.O=C(O)C(S)(S)CS. The van der Waals surface area contributed by atoms with E-state index in [-0.39, 0.29) is 25.6 Å². The minimum absolute atomic E-state index is 0.106. The molecule has 0 bridgehead atoms. The van der Waals surface area contributed by atoms with Crippen LogP contribution in [0.1, 0.15) is 13.3 Å². The van der Waals surface area contributed by atoms with Gasteiger partial charge in [0, 0.05) is 11.2 Å². The van der Waals surface area contributed by atoms with Gasteiger partial charge < -0.3 is 20.4 Å². The summed E-state index contributed by atoms with van der Waals surface area (Å²) in [6, 6.07) is 0. The highest BCUT2D eigenvalue weighted by Gasteiger charge is 2.27. The fourth-order valence-corrected chi connectivity index (χ4v) is 0.688. The van der Waals surface area contributed by atoms with Crippen LogP contribution in [-0.2, 0) is 4.79 Å². The number of carboxylic acid groups (broad SMARTS) is 1. The predicted octanol–water partition coefficient (Wildman–Crippen LogP) is -0.0836. The summed E-state index contributed by atoms with van der Waals surface area (Å²) in [6.45, 7) is 1.35. The second-order valence-electron chi connectivity index (χ2n) is 3.61. The number of aliphatic carboxylic acids is 1. The highest BCUT2D eigenvalue weighted by Crippen LogP contribution is 2.20. The van der Waals surface area contributed by atoms with Crippen molar-refractivity contribution >= 4 is 43.9 Å². The predicted molar refractivity (Wildman–Crippen MR) is 76.2 cm³/mol. The average molecular weight is 304 g/mol. The summed E-state index contributed by atoms with van der Waals surface area (Å²) >= 11 is 11.0. The molecular formula is C9H20O5S3. The molecule has 0 saturated carbocycles. The minimum Gasteiger partial charge on any atom is -0.480 e. The van der Waals surface area contributed by atoms with E-state index in [9.17, 15) is 4.79 Å². The van der Waals surface area contributed by atoms with Gasteiger partial charge in [0.2, 0.25) is 0 Å². The lowest BCUT2D eigenvalue weighted by Gasteiger charge is -2.24. The molecule has 0 spiro atoms. The molecule has 0 aromatic rings. The number of aliphatic hydroxyl groups is 3. The van der Waals surface area contributed by atoms with Gasteiger partial charge in [-0.3, -0.25) is 0 Å². The Bertz CT molecular complexity index is 201. The first-order chi connectivity index (χ1) is 7.75. The van der Waals surface area contributed by atoms with Crippen molar-refractivity contribution in [2.24, 2.45) is 5.41 Å². The Hall–Kier alpha value is 0.400. The van der Waals surface area contributed by atoms with E-state index in [2.05, 4.69) is 37.9 Å². The third kappa shape index (κ3) is 7.43. The van der Waals surface area contributed by atoms with E-state index in [0.717, 1.165) is 0 Å². The van der Waals surface area contributed by atoms with Crippen molar-refractivity contribution < 1.29 is 25.2 Å². The van der Waals surface area contributed by atoms with Crippen molar-refractivity contribution in [2.45, 2.75) is 17.4 Å². The lowest BCUT2D eigenvalue weighted by molar-refractivity contribution is -0.136. The molecule has 0 aromatic heterocycles. The number of hydrogen-bond donors (Lipinski definition) is 7. The number of aliphatic hydroxyl groups excluding tert-OH is 3. The molecule has 0 heterocycles. The summed E-state index contributed by atoms with van der Waals surface area (Å²) < 4.78 is -1.29.